The molecule has 4 heteroatoms. The Morgan fingerprint density at radius 3 is 2.19 bits per heavy atom. The second-order valence-electron chi connectivity index (χ2n) is 3.75. The lowest BCUT2D eigenvalue weighted by atomic mass is 10.0. The van der Waals surface area contributed by atoms with E-state index in [1.165, 1.54) is 0 Å². The van der Waals surface area contributed by atoms with Gasteiger partial charge in [-0.2, -0.15) is 8.78 Å². The van der Waals surface area contributed by atoms with Crippen molar-refractivity contribution in [3.63, 3.8) is 0 Å². The summed E-state index contributed by atoms with van der Waals surface area (Å²) in [7, 11) is 0. The second-order valence-corrected chi connectivity index (χ2v) is 3.75. The number of carbonyl (C=O) groups is 1. The molecule has 1 N–H and O–H groups in total. The van der Waals surface area contributed by atoms with E-state index in [1.807, 2.05) is 6.92 Å². The molecule has 0 aromatic heterocycles. The van der Waals surface area contributed by atoms with Crippen molar-refractivity contribution < 1.29 is 18.7 Å². The van der Waals surface area contributed by atoms with Crippen LogP contribution in [0.5, 0.6) is 0 Å². The Balaban J connectivity index is 2.72. The highest BCUT2D eigenvalue weighted by atomic mass is 19.3. The quantitative estimate of drug-likeness (QED) is 0.841. The van der Waals surface area contributed by atoms with E-state index in [0.717, 1.165) is 18.4 Å². The van der Waals surface area contributed by atoms with Gasteiger partial charge in [0.15, 0.2) is 0 Å². The van der Waals surface area contributed by atoms with E-state index in [-0.39, 0.29) is 0 Å². The first-order valence-electron chi connectivity index (χ1n) is 5.14. The maximum atomic E-state index is 12.9. The lowest BCUT2D eigenvalue weighted by Crippen LogP contribution is -2.30. The van der Waals surface area contributed by atoms with Crippen LogP contribution in [-0.2, 0) is 17.6 Å². The Morgan fingerprint density at radius 1 is 1.25 bits per heavy atom. The molecule has 88 valence electrons. The fourth-order valence-corrected chi connectivity index (χ4v) is 1.44. The van der Waals surface area contributed by atoms with Gasteiger partial charge in [0.2, 0.25) is 0 Å². The molecule has 0 saturated heterocycles. The number of alkyl halides is 2. The molecule has 0 atom stereocenters. The van der Waals surface area contributed by atoms with Crippen molar-refractivity contribution in [1.82, 2.24) is 0 Å². The molecular formula is C12H14F2O2. The van der Waals surface area contributed by atoms with Crippen molar-refractivity contribution in [2.75, 3.05) is 0 Å². The third-order valence-corrected chi connectivity index (χ3v) is 2.30. The summed E-state index contributed by atoms with van der Waals surface area (Å²) in [6.45, 7) is 2.03. The third kappa shape index (κ3) is 3.29. The standard InChI is InChI=1S/C12H14F2O2/c1-2-3-9-4-6-10(7-5-9)8-12(13,14)11(15)16/h4-7H,2-3,8H2,1H3,(H,15,16). The zero-order chi connectivity index (χ0) is 12.2. The Labute approximate surface area is 92.9 Å². The summed E-state index contributed by atoms with van der Waals surface area (Å²) >= 11 is 0. The van der Waals surface area contributed by atoms with Gasteiger partial charge < -0.3 is 5.11 Å². The minimum Gasteiger partial charge on any atom is -0.477 e. The first kappa shape index (κ1) is 12.6. The van der Waals surface area contributed by atoms with Gasteiger partial charge in [-0.15, -0.1) is 0 Å². The van der Waals surface area contributed by atoms with Gasteiger partial charge in [0.05, 0.1) is 0 Å². The van der Waals surface area contributed by atoms with Crippen LogP contribution in [0.3, 0.4) is 0 Å². The number of hydrogen-bond acceptors (Lipinski definition) is 1. The van der Waals surface area contributed by atoms with Gasteiger partial charge in [-0.3, -0.25) is 0 Å². The lowest BCUT2D eigenvalue weighted by Gasteiger charge is -2.11. The monoisotopic (exact) mass is 228 g/mol. The molecule has 1 aromatic carbocycles. The Bertz CT molecular complexity index is 358. The fourth-order valence-electron chi connectivity index (χ4n) is 1.44. The van der Waals surface area contributed by atoms with Gasteiger partial charge in [-0.1, -0.05) is 37.6 Å². The smallest absolute Gasteiger partial charge is 0.374 e. The maximum Gasteiger partial charge on any atom is 0.374 e. The van der Waals surface area contributed by atoms with Crippen molar-refractivity contribution >= 4 is 5.97 Å². The summed E-state index contributed by atoms with van der Waals surface area (Å²) < 4.78 is 25.8. The number of hydrogen-bond donors (Lipinski definition) is 1. The van der Waals surface area contributed by atoms with Crippen LogP contribution >= 0.6 is 0 Å². The summed E-state index contributed by atoms with van der Waals surface area (Å²) in [5.41, 5.74) is 1.41. The topological polar surface area (TPSA) is 37.3 Å². The van der Waals surface area contributed by atoms with Crippen molar-refractivity contribution in [2.24, 2.45) is 0 Å². The van der Waals surface area contributed by atoms with Crippen LogP contribution in [0.25, 0.3) is 0 Å². The van der Waals surface area contributed by atoms with Crippen LogP contribution in [0.4, 0.5) is 8.78 Å². The zero-order valence-corrected chi connectivity index (χ0v) is 9.04. The van der Waals surface area contributed by atoms with Crippen LogP contribution in [0.15, 0.2) is 24.3 Å². The summed E-state index contributed by atoms with van der Waals surface area (Å²) in [4.78, 5) is 10.2. The number of aryl methyl sites for hydroxylation is 1. The SMILES string of the molecule is CCCc1ccc(CC(F)(F)C(=O)O)cc1. The molecule has 0 aliphatic rings. The van der Waals surface area contributed by atoms with Gasteiger partial charge >= 0.3 is 11.9 Å². The van der Waals surface area contributed by atoms with E-state index in [1.54, 1.807) is 24.3 Å². The fraction of sp³-hybridized carbons (Fsp3) is 0.417. The zero-order valence-electron chi connectivity index (χ0n) is 9.04. The molecule has 0 heterocycles. The van der Waals surface area contributed by atoms with Crippen LogP contribution in [0.1, 0.15) is 24.5 Å². The average Bonchev–Trinajstić information content (AvgIpc) is 2.21. The Morgan fingerprint density at radius 2 is 1.75 bits per heavy atom. The van der Waals surface area contributed by atoms with Gasteiger partial charge in [0, 0.05) is 6.42 Å². The summed E-state index contributed by atoms with van der Waals surface area (Å²) in [5.74, 6) is -5.77. The number of aliphatic carboxylic acids is 1. The van der Waals surface area contributed by atoms with Crippen molar-refractivity contribution in [2.45, 2.75) is 32.1 Å². The number of halogens is 2. The van der Waals surface area contributed by atoms with Crippen molar-refractivity contribution in [3.05, 3.63) is 35.4 Å². The lowest BCUT2D eigenvalue weighted by molar-refractivity contribution is -0.164. The van der Waals surface area contributed by atoms with Crippen LogP contribution in [0.2, 0.25) is 0 Å². The average molecular weight is 228 g/mol. The van der Waals surface area contributed by atoms with Crippen molar-refractivity contribution in [3.8, 4) is 0 Å². The van der Waals surface area contributed by atoms with Gasteiger partial charge in [-0.05, 0) is 17.5 Å². The Kier molecular flexibility index (Phi) is 3.99. The highest BCUT2D eigenvalue weighted by molar-refractivity contribution is 5.75. The number of benzene rings is 1. The largest absolute Gasteiger partial charge is 0.477 e. The predicted molar refractivity (Wildman–Crippen MR) is 56.7 cm³/mol. The predicted octanol–water partition coefficient (Wildman–Crippen LogP) is 2.90. The molecule has 0 radical (unpaired) electrons. The molecule has 1 aromatic rings. The van der Waals surface area contributed by atoms with E-state index in [2.05, 4.69) is 0 Å². The minimum absolute atomic E-state index is 0.340. The van der Waals surface area contributed by atoms with E-state index >= 15 is 0 Å². The molecule has 0 fully saturated rings. The highest BCUT2D eigenvalue weighted by Gasteiger charge is 2.38. The van der Waals surface area contributed by atoms with E-state index in [0.29, 0.717) is 5.56 Å². The van der Waals surface area contributed by atoms with Crippen LogP contribution in [-0.4, -0.2) is 17.0 Å². The highest BCUT2D eigenvalue weighted by Crippen LogP contribution is 2.20. The second kappa shape index (κ2) is 5.05. The molecule has 2 nitrogen and oxygen atoms in total. The normalized spacial score (nSPS) is 11.4. The van der Waals surface area contributed by atoms with Gasteiger partial charge in [0.1, 0.15) is 0 Å². The van der Waals surface area contributed by atoms with Crippen molar-refractivity contribution in [1.29, 1.82) is 0 Å². The molecule has 0 aliphatic heterocycles. The summed E-state index contributed by atoms with van der Waals surface area (Å²) in [6, 6.07) is 6.64. The minimum atomic E-state index is -3.69. The van der Waals surface area contributed by atoms with Crippen LogP contribution in [0, 0.1) is 0 Å². The maximum absolute atomic E-state index is 12.9. The molecule has 0 aliphatic carbocycles. The number of carboxylic acids is 1. The number of carboxylic acid groups (broad SMARTS) is 1. The summed E-state index contributed by atoms with van der Waals surface area (Å²) in [5, 5.41) is 8.29. The first-order chi connectivity index (χ1) is 7.45. The van der Waals surface area contributed by atoms with Gasteiger partial charge in [-0.25, -0.2) is 4.79 Å². The molecule has 16 heavy (non-hydrogen) atoms. The molecule has 0 unspecified atom stereocenters. The van der Waals surface area contributed by atoms with Gasteiger partial charge in [0.25, 0.3) is 0 Å². The van der Waals surface area contributed by atoms with E-state index in [4.69, 9.17) is 5.11 Å². The molecular weight excluding hydrogens is 214 g/mol. The molecule has 0 bridgehead atoms. The van der Waals surface area contributed by atoms with E-state index in [9.17, 15) is 13.6 Å². The third-order valence-electron chi connectivity index (χ3n) is 2.30. The van der Waals surface area contributed by atoms with Crippen LogP contribution < -0.4 is 0 Å². The first-order valence-corrected chi connectivity index (χ1v) is 5.14. The number of rotatable bonds is 5. The molecule has 0 amide bonds. The Hall–Kier alpha value is -1.45. The van der Waals surface area contributed by atoms with E-state index < -0.39 is 18.3 Å². The molecule has 0 saturated carbocycles. The molecule has 1 rings (SSSR count). The molecule has 0 spiro atoms. The summed E-state index contributed by atoms with van der Waals surface area (Å²) in [6.07, 6.45) is 1.13.